The molecular formula is C14H19BrN2O2. The quantitative estimate of drug-likeness (QED) is 0.844. The molecule has 1 rings (SSSR count). The Balaban J connectivity index is 2.38. The van der Waals surface area contributed by atoms with E-state index in [1.54, 1.807) is 0 Å². The van der Waals surface area contributed by atoms with Gasteiger partial charge < -0.3 is 10.6 Å². The van der Waals surface area contributed by atoms with Crippen LogP contribution in [0.15, 0.2) is 22.7 Å². The molecule has 0 fully saturated rings. The van der Waals surface area contributed by atoms with Crippen molar-refractivity contribution >= 4 is 33.4 Å². The first-order chi connectivity index (χ1) is 9.02. The van der Waals surface area contributed by atoms with E-state index in [0.29, 0.717) is 12.1 Å². The van der Waals surface area contributed by atoms with E-state index in [9.17, 15) is 9.59 Å². The van der Waals surface area contributed by atoms with Gasteiger partial charge in [0, 0.05) is 16.6 Å². The Labute approximate surface area is 122 Å². The van der Waals surface area contributed by atoms with E-state index < -0.39 is 0 Å². The maximum Gasteiger partial charge on any atom is 0.243 e. The fourth-order valence-corrected chi connectivity index (χ4v) is 1.86. The zero-order valence-corrected chi connectivity index (χ0v) is 12.8. The van der Waals surface area contributed by atoms with Crippen LogP contribution in [0.1, 0.15) is 31.7 Å². The number of nitrogens with one attached hydrogen (secondary N) is 2. The summed E-state index contributed by atoms with van der Waals surface area (Å²) in [6.45, 7) is 4.01. The first kappa shape index (κ1) is 15.7. The van der Waals surface area contributed by atoms with Crippen molar-refractivity contribution in [2.75, 3.05) is 11.9 Å². The average molecular weight is 327 g/mol. The molecule has 0 bridgehead atoms. The Morgan fingerprint density at radius 1 is 1.26 bits per heavy atom. The monoisotopic (exact) mass is 326 g/mol. The number of amides is 2. The fraction of sp³-hybridized carbons (Fsp3) is 0.429. The first-order valence-electron chi connectivity index (χ1n) is 6.35. The SMILES string of the molecule is CCCCC(=O)NCC(=O)Nc1ccc(C)c(Br)c1. The molecular weight excluding hydrogens is 308 g/mol. The van der Waals surface area contributed by atoms with Crippen LogP contribution in [0.5, 0.6) is 0 Å². The zero-order chi connectivity index (χ0) is 14.3. The van der Waals surface area contributed by atoms with Crippen LogP contribution in [0.25, 0.3) is 0 Å². The molecule has 1 aromatic carbocycles. The molecule has 0 heterocycles. The Hall–Kier alpha value is -1.36. The van der Waals surface area contributed by atoms with Crippen molar-refractivity contribution in [3.8, 4) is 0 Å². The molecule has 2 N–H and O–H groups in total. The van der Waals surface area contributed by atoms with E-state index in [1.165, 1.54) is 0 Å². The number of benzene rings is 1. The highest BCUT2D eigenvalue weighted by Crippen LogP contribution is 2.20. The Kier molecular flexibility index (Phi) is 6.56. The summed E-state index contributed by atoms with van der Waals surface area (Å²) in [7, 11) is 0. The summed E-state index contributed by atoms with van der Waals surface area (Å²) in [4.78, 5) is 23.0. The summed E-state index contributed by atoms with van der Waals surface area (Å²) < 4.78 is 0.942. The minimum atomic E-state index is -0.222. The molecule has 0 aliphatic rings. The lowest BCUT2D eigenvalue weighted by atomic mass is 10.2. The molecule has 2 amide bonds. The number of hydrogen-bond donors (Lipinski definition) is 2. The normalized spacial score (nSPS) is 10.1. The van der Waals surface area contributed by atoms with Crippen molar-refractivity contribution in [3.05, 3.63) is 28.2 Å². The molecule has 19 heavy (non-hydrogen) atoms. The molecule has 4 nitrogen and oxygen atoms in total. The van der Waals surface area contributed by atoms with Crippen LogP contribution in [-0.4, -0.2) is 18.4 Å². The molecule has 0 aliphatic heterocycles. The van der Waals surface area contributed by atoms with Gasteiger partial charge in [0.15, 0.2) is 0 Å². The summed E-state index contributed by atoms with van der Waals surface area (Å²) in [6.07, 6.45) is 2.29. The molecule has 0 radical (unpaired) electrons. The third kappa shape index (κ3) is 5.87. The maximum absolute atomic E-state index is 11.6. The van der Waals surface area contributed by atoms with E-state index in [2.05, 4.69) is 26.6 Å². The van der Waals surface area contributed by atoms with Gasteiger partial charge in [-0.1, -0.05) is 35.3 Å². The zero-order valence-electron chi connectivity index (χ0n) is 11.3. The van der Waals surface area contributed by atoms with Gasteiger partial charge in [-0.15, -0.1) is 0 Å². The third-order valence-electron chi connectivity index (χ3n) is 2.66. The summed E-state index contributed by atoms with van der Waals surface area (Å²) in [5.74, 6) is -0.303. The van der Waals surface area contributed by atoms with E-state index in [1.807, 2.05) is 32.0 Å². The second-order valence-corrected chi connectivity index (χ2v) is 5.25. The van der Waals surface area contributed by atoms with Gasteiger partial charge in [0.1, 0.15) is 0 Å². The second-order valence-electron chi connectivity index (χ2n) is 4.39. The predicted molar refractivity (Wildman–Crippen MR) is 80.0 cm³/mol. The second kappa shape index (κ2) is 7.94. The number of carbonyl (C=O) groups is 2. The molecule has 0 spiro atoms. The molecule has 0 aliphatic carbocycles. The van der Waals surface area contributed by atoms with Crippen LogP contribution < -0.4 is 10.6 Å². The lowest BCUT2D eigenvalue weighted by molar-refractivity contribution is -0.124. The molecule has 0 saturated carbocycles. The van der Waals surface area contributed by atoms with Crippen LogP contribution >= 0.6 is 15.9 Å². The number of aryl methyl sites for hydroxylation is 1. The van der Waals surface area contributed by atoms with Crippen LogP contribution in [0, 0.1) is 6.92 Å². The van der Waals surface area contributed by atoms with Crippen LogP contribution in [0.3, 0.4) is 0 Å². The standard InChI is InChI=1S/C14H19BrN2O2/c1-3-4-5-13(18)16-9-14(19)17-11-7-6-10(2)12(15)8-11/h6-8H,3-5,9H2,1-2H3,(H,16,18)(H,17,19). The Morgan fingerprint density at radius 2 is 2.00 bits per heavy atom. The first-order valence-corrected chi connectivity index (χ1v) is 7.15. The van der Waals surface area contributed by atoms with Crippen molar-refractivity contribution in [2.24, 2.45) is 0 Å². The average Bonchev–Trinajstić information content (AvgIpc) is 2.38. The van der Waals surface area contributed by atoms with Crippen molar-refractivity contribution < 1.29 is 9.59 Å². The molecule has 104 valence electrons. The van der Waals surface area contributed by atoms with Crippen LogP contribution in [-0.2, 0) is 9.59 Å². The van der Waals surface area contributed by atoms with Crippen molar-refractivity contribution in [2.45, 2.75) is 33.1 Å². The molecule has 0 aromatic heterocycles. The van der Waals surface area contributed by atoms with Gasteiger partial charge in [-0.25, -0.2) is 0 Å². The number of unbranched alkanes of at least 4 members (excludes halogenated alkanes) is 1. The lowest BCUT2D eigenvalue weighted by Gasteiger charge is -2.08. The summed E-state index contributed by atoms with van der Waals surface area (Å²) in [5, 5.41) is 5.34. The number of hydrogen-bond acceptors (Lipinski definition) is 2. The summed E-state index contributed by atoms with van der Waals surface area (Å²) >= 11 is 3.41. The highest BCUT2D eigenvalue weighted by atomic mass is 79.9. The third-order valence-corrected chi connectivity index (χ3v) is 3.51. The van der Waals surface area contributed by atoms with E-state index in [4.69, 9.17) is 0 Å². The minimum absolute atomic E-state index is 0.00798. The maximum atomic E-state index is 11.6. The Morgan fingerprint density at radius 3 is 2.63 bits per heavy atom. The smallest absolute Gasteiger partial charge is 0.243 e. The molecule has 1 aromatic rings. The number of anilines is 1. The van der Waals surface area contributed by atoms with E-state index in [0.717, 1.165) is 22.9 Å². The topological polar surface area (TPSA) is 58.2 Å². The van der Waals surface area contributed by atoms with Crippen LogP contribution in [0.4, 0.5) is 5.69 Å². The Bertz CT molecular complexity index is 461. The number of rotatable bonds is 6. The number of halogens is 1. The van der Waals surface area contributed by atoms with Gasteiger partial charge in [-0.3, -0.25) is 9.59 Å². The van der Waals surface area contributed by atoms with Crippen molar-refractivity contribution in [3.63, 3.8) is 0 Å². The summed E-state index contributed by atoms with van der Waals surface area (Å²) in [6, 6.07) is 5.59. The van der Waals surface area contributed by atoms with Gasteiger partial charge in [0.25, 0.3) is 0 Å². The largest absolute Gasteiger partial charge is 0.347 e. The molecule has 0 saturated heterocycles. The summed E-state index contributed by atoms with van der Waals surface area (Å²) in [5.41, 5.74) is 1.82. The minimum Gasteiger partial charge on any atom is -0.347 e. The molecule has 0 atom stereocenters. The van der Waals surface area contributed by atoms with Crippen LogP contribution in [0.2, 0.25) is 0 Å². The molecule has 5 heteroatoms. The van der Waals surface area contributed by atoms with Gasteiger partial charge in [-0.2, -0.15) is 0 Å². The van der Waals surface area contributed by atoms with Crippen molar-refractivity contribution in [1.29, 1.82) is 0 Å². The molecule has 0 unspecified atom stereocenters. The highest BCUT2D eigenvalue weighted by Gasteiger charge is 2.06. The van der Waals surface area contributed by atoms with Gasteiger partial charge in [0.2, 0.25) is 11.8 Å². The van der Waals surface area contributed by atoms with E-state index in [-0.39, 0.29) is 18.4 Å². The highest BCUT2D eigenvalue weighted by molar-refractivity contribution is 9.10. The van der Waals surface area contributed by atoms with E-state index >= 15 is 0 Å². The van der Waals surface area contributed by atoms with Gasteiger partial charge in [0.05, 0.1) is 6.54 Å². The van der Waals surface area contributed by atoms with Crippen molar-refractivity contribution in [1.82, 2.24) is 5.32 Å². The number of carbonyl (C=O) groups excluding carboxylic acids is 2. The lowest BCUT2D eigenvalue weighted by Crippen LogP contribution is -2.32. The van der Waals surface area contributed by atoms with Gasteiger partial charge >= 0.3 is 0 Å². The van der Waals surface area contributed by atoms with Gasteiger partial charge in [-0.05, 0) is 31.0 Å². The predicted octanol–water partition coefficient (Wildman–Crippen LogP) is 3.00. The fourth-order valence-electron chi connectivity index (χ4n) is 1.48.